The summed E-state index contributed by atoms with van der Waals surface area (Å²) in [5.41, 5.74) is 1.38. The number of hydrogen-bond acceptors (Lipinski definition) is 6. The first-order valence-electron chi connectivity index (χ1n) is 8.21. The number of urea groups is 1. The van der Waals surface area contributed by atoms with Crippen LogP contribution < -0.4 is 25.4 Å². The van der Waals surface area contributed by atoms with E-state index in [4.69, 9.17) is 9.47 Å². The monoisotopic (exact) mass is 398 g/mol. The van der Waals surface area contributed by atoms with E-state index in [1.54, 1.807) is 35.7 Å². The normalized spacial score (nSPS) is 10.1. The van der Waals surface area contributed by atoms with Crippen molar-refractivity contribution in [3.05, 3.63) is 59.6 Å². The van der Waals surface area contributed by atoms with Crippen LogP contribution in [0.4, 0.5) is 21.3 Å². The Morgan fingerprint density at radius 1 is 0.893 bits per heavy atom. The number of hydrogen-bond donors (Lipinski definition) is 3. The predicted octanol–water partition coefficient (Wildman–Crippen LogP) is 4.06. The maximum atomic E-state index is 12.4. The Bertz CT molecular complexity index is 975. The van der Waals surface area contributed by atoms with Gasteiger partial charge in [0.05, 0.1) is 14.2 Å². The van der Waals surface area contributed by atoms with Gasteiger partial charge in [0.15, 0.2) is 16.6 Å². The van der Waals surface area contributed by atoms with Crippen molar-refractivity contribution in [2.75, 3.05) is 30.2 Å². The third kappa shape index (κ3) is 4.77. The number of benzene rings is 2. The van der Waals surface area contributed by atoms with Crippen molar-refractivity contribution in [3.63, 3.8) is 0 Å². The lowest BCUT2D eigenvalue weighted by Gasteiger charge is -2.10. The van der Waals surface area contributed by atoms with Gasteiger partial charge in [0.2, 0.25) is 0 Å². The molecule has 0 radical (unpaired) electrons. The van der Waals surface area contributed by atoms with E-state index in [1.807, 2.05) is 18.2 Å². The molecular formula is C19H18N4O4S. The van der Waals surface area contributed by atoms with Gasteiger partial charge >= 0.3 is 6.03 Å². The van der Waals surface area contributed by atoms with Crippen LogP contribution in [-0.2, 0) is 0 Å². The molecule has 9 heteroatoms. The van der Waals surface area contributed by atoms with Crippen LogP contribution in [0.1, 0.15) is 10.5 Å². The van der Waals surface area contributed by atoms with Crippen molar-refractivity contribution in [1.82, 2.24) is 4.98 Å². The highest BCUT2D eigenvalue weighted by atomic mass is 32.1. The molecule has 0 aliphatic carbocycles. The largest absolute Gasteiger partial charge is 0.493 e. The standard InChI is InChI=1S/C19H18N4O4S/c1-26-15-9-8-13(10-16(15)27-2)20-17(24)14-11-28-19(22-14)23-18(25)21-12-6-4-3-5-7-12/h3-11H,1-2H3,(H,20,24)(H2,21,22,23,25). The smallest absolute Gasteiger partial charge is 0.325 e. The third-order valence-corrected chi connectivity index (χ3v) is 4.39. The Hall–Kier alpha value is -3.59. The fourth-order valence-corrected chi connectivity index (χ4v) is 3.01. The summed E-state index contributed by atoms with van der Waals surface area (Å²) >= 11 is 1.15. The fraction of sp³-hybridized carbons (Fsp3) is 0.105. The van der Waals surface area contributed by atoms with Crippen molar-refractivity contribution in [3.8, 4) is 11.5 Å². The van der Waals surface area contributed by atoms with Gasteiger partial charge in [-0.3, -0.25) is 10.1 Å². The predicted molar refractivity (Wildman–Crippen MR) is 109 cm³/mol. The quantitative estimate of drug-likeness (QED) is 0.581. The zero-order chi connectivity index (χ0) is 19.9. The number of carbonyl (C=O) groups is 2. The highest BCUT2D eigenvalue weighted by molar-refractivity contribution is 7.14. The number of nitrogens with zero attached hydrogens (tertiary/aromatic N) is 1. The molecule has 144 valence electrons. The summed E-state index contributed by atoms with van der Waals surface area (Å²) in [7, 11) is 3.05. The first-order valence-corrected chi connectivity index (χ1v) is 9.09. The highest BCUT2D eigenvalue weighted by Crippen LogP contribution is 2.30. The second-order valence-corrected chi connectivity index (χ2v) is 6.37. The van der Waals surface area contributed by atoms with Crippen LogP contribution in [0.3, 0.4) is 0 Å². The van der Waals surface area contributed by atoms with E-state index in [2.05, 4.69) is 20.9 Å². The minimum Gasteiger partial charge on any atom is -0.493 e. The number of amides is 3. The van der Waals surface area contributed by atoms with Crippen LogP contribution in [-0.4, -0.2) is 31.1 Å². The van der Waals surface area contributed by atoms with Gasteiger partial charge in [0.1, 0.15) is 5.69 Å². The lowest BCUT2D eigenvalue weighted by Crippen LogP contribution is -2.19. The number of thiazole rings is 1. The fourth-order valence-electron chi connectivity index (χ4n) is 2.33. The molecule has 1 aromatic heterocycles. The Kier molecular flexibility index (Phi) is 6.07. The molecule has 0 spiro atoms. The molecule has 0 saturated heterocycles. The summed E-state index contributed by atoms with van der Waals surface area (Å²) in [6.07, 6.45) is 0. The number of nitrogens with one attached hydrogen (secondary N) is 3. The first-order chi connectivity index (χ1) is 13.6. The van der Waals surface area contributed by atoms with Gasteiger partial charge in [-0.2, -0.15) is 0 Å². The molecule has 0 fully saturated rings. The molecule has 3 aromatic rings. The Balaban J connectivity index is 1.61. The summed E-state index contributed by atoms with van der Waals surface area (Å²) < 4.78 is 10.4. The summed E-state index contributed by atoms with van der Waals surface area (Å²) in [6, 6.07) is 13.6. The molecule has 8 nitrogen and oxygen atoms in total. The molecule has 28 heavy (non-hydrogen) atoms. The number of methoxy groups -OCH3 is 2. The number of rotatable bonds is 6. The minimum atomic E-state index is -0.438. The molecule has 0 saturated carbocycles. The van der Waals surface area contributed by atoms with Gasteiger partial charge in [-0.1, -0.05) is 18.2 Å². The van der Waals surface area contributed by atoms with Crippen LogP contribution >= 0.6 is 11.3 Å². The van der Waals surface area contributed by atoms with Crippen molar-refractivity contribution in [2.24, 2.45) is 0 Å². The third-order valence-electron chi connectivity index (χ3n) is 3.63. The lowest BCUT2D eigenvalue weighted by atomic mass is 10.2. The van der Waals surface area contributed by atoms with E-state index >= 15 is 0 Å². The van der Waals surface area contributed by atoms with Gasteiger partial charge in [0.25, 0.3) is 5.91 Å². The SMILES string of the molecule is COc1ccc(NC(=O)c2csc(NC(=O)Nc3ccccc3)n2)cc1OC. The van der Waals surface area contributed by atoms with Gasteiger partial charge in [0, 0.05) is 22.8 Å². The van der Waals surface area contributed by atoms with Gasteiger partial charge in [-0.15, -0.1) is 11.3 Å². The molecule has 3 amide bonds. The van der Waals surface area contributed by atoms with Gasteiger partial charge < -0.3 is 20.1 Å². The maximum Gasteiger partial charge on any atom is 0.325 e. The first kappa shape index (κ1) is 19.2. The average molecular weight is 398 g/mol. The second-order valence-electron chi connectivity index (χ2n) is 5.51. The van der Waals surface area contributed by atoms with Gasteiger partial charge in [-0.25, -0.2) is 9.78 Å². The molecule has 3 N–H and O–H groups in total. The van der Waals surface area contributed by atoms with Gasteiger partial charge in [-0.05, 0) is 24.3 Å². The number of anilines is 3. The summed E-state index contributed by atoms with van der Waals surface area (Å²) in [5, 5.41) is 9.89. The summed E-state index contributed by atoms with van der Waals surface area (Å²) in [6.45, 7) is 0. The van der Waals surface area contributed by atoms with Crippen LogP contribution in [0.25, 0.3) is 0 Å². The van der Waals surface area contributed by atoms with E-state index < -0.39 is 11.9 Å². The Labute approximate surface area is 165 Å². The second kappa shape index (κ2) is 8.87. The van der Waals surface area contributed by atoms with E-state index in [-0.39, 0.29) is 5.69 Å². The summed E-state index contributed by atoms with van der Waals surface area (Å²) in [5.74, 6) is 0.656. The molecule has 3 rings (SSSR count). The van der Waals surface area contributed by atoms with Crippen molar-refractivity contribution in [1.29, 1.82) is 0 Å². The van der Waals surface area contributed by atoms with E-state index in [0.717, 1.165) is 11.3 Å². The highest BCUT2D eigenvalue weighted by Gasteiger charge is 2.14. The minimum absolute atomic E-state index is 0.190. The number of ether oxygens (including phenoxy) is 2. The maximum absolute atomic E-state index is 12.4. The average Bonchev–Trinajstić information content (AvgIpc) is 3.17. The molecule has 0 unspecified atom stereocenters. The summed E-state index contributed by atoms with van der Waals surface area (Å²) in [4.78, 5) is 28.5. The zero-order valence-corrected chi connectivity index (χ0v) is 16.0. The van der Waals surface area contributed by atoms with E-state index in [0.29, 0.717) is 28.0 Å². The van der Waals surface area contributed by atoms with Crippen molar-refractivity contribution in [2.45, 2.75) is 0 Å². The molecule has 2 aromatic carbocycles. The van der Waals surface area contributed by atoms with Crippen LogP contribution in [0.15, 0.2) is 53.9 Å². The molecule has 0 bridgehead atoms. The molecule has 0 aliphatic heterocycles. The molecule has 0 atom stereocenters. The zero-order valence-electron chi connectivity index (χ0n) is 15.2. The van der Waals surface area contributed by atoms with Crippen molar-refractivity contribution >= 4 is 39.8 Å². The Morgan fingerprint density at radius 3 is 2.36 bits per heavy atom. The topological polar surface area (TPSA) is 102 Å². The molecular weight excluding hydrogens is 380 g/mol. The number of para-hydroxylation sites is 1. The van der Waals surface area contributed by atoms with Crippen molar-refractivity contribution < 1.29 is 19.1 Å². The van der Waals surface area contributed by atoms with Crippen LogP contribution in [0.2, 0.25) is 0 Å². The Morgan fingerprint density at radius 2 is 1.64 bits per heavy atom. The lowest BCUT2D eigenvalue weighted by molar-refractivity contribution is 0.102. The molecule has 1 heterocycles. The van der Waals surface area contributed by atoms with Crippen LogP contribution in [0.5, 0.6) is 11.5 Å². The van der Waals surface area contributed by atoms with E-state index in [1.165, 1.54) is 14.2 Å². The number of carbonyl (C=O) groups excluding carboxylic acids is 2. The number of aromatic nitrogens is 1. The van der Waals surface area contributed by atoms with E-state index in [9.17, 15) is 9.59 Å². The molecule has 0 aliphatic rings. The van der Waals surface area contributed by atoms with Crippen LogP contribution in [0, 0.1) is 0 Å².